The van der Waals surface area contributed by atoms with Crippen LogP contribution in [0, 0.1) is 17.5 Å². The fourth-order valence-electron chi connectivity index (χ4n) is 1.87. The summed E-state index contributed by atoms with van der Waals surface area (Å²) < 4.78 is 39.6. The van der Waals surface area contributed by atoms with Crippen LogP contribution in [0.5, 0.6) is 0 Å². The van der Waals surface area contributed by atoms with Gasteiger partial charge in [-0.3, -0.25) is 0 Å². The average Bonchev–Trinajstić information content (AvgIpc) is 2.39. The van der Waals surface area contributed by atoms with Crippen LogP contribution in [0.3, 0.4) is 0 Å². The first kappa shape index (κ1) is 13.6. The molecule has 0 aliphatic carbocycles. The van der Waals surface area contributed by atoms with Crippen LogP contribution in [0.15, 0.2) is 42.5 Å². The van der Waals surface area contributed by atoms with Gasteiger partial charge in [-0.1, -0.05) is 12.1 Å². The molecule has 1 unspecified atom stereocenters. The molecule has 0 amide bonds. The summed E-state index contributed by atoms with van der Waals surface area (Å²) in [5.41, 5.74) is 1.01. The predicted molar refractivity (Wildman–Crippen MR) is 68.0 cm³/mol. The van der Waals surface area contributed by atoms with E-state index in [4.69, 9.17) is 0 Å². The Morgan fingerprint density at radius 1 is 1.00 bits per heavy atom. The van der Waals surface area contributed by atoms with E-state index in [0.29, 0.717) is 6.54 Å². The minimum Gasteiger partial charge on any atom is -0.306 e. The SMILES string of the molecule is CC(NCc1cccc(F)c1)c1cc(F)ccc1F. The minimum absolute atomic E-state index is 0.261. The summed E-state index contributed by atoms with van der Waals surface area (Å²) in [6.45, 7) is 2.12. The third kappa shape index (κ3) is 3.58. The molecular formula is C15H14F3N. The number of rotatable bonds is 4. The number of hydrogen-bond acceptors (Lipinski definition) is 1. The second-order valence-electron chi connectivity index (χ2n) is 4.40. The van der Waals surface area contributed by atoms with Crippen LogP contribution in [0.4, 0.5) is 13.2 Å². The molecule has 0 saturated carbocycles. The lowest BCUT2D eigenvalue weighted by molar-refractivity contribution is 0.517. The van der Waals surface area contributed by atoms with Crippen molar-refractivity contribution in [2.45, 2.75) is 19.5 Å². The Labute approximate surface area is 110 Å². The van der Waals surface area contributed by atoms with Crippen molar-refractivity contribution in [3.8, 4) is 0 Å². The summed E-state index contributed by atoms with van der Waals surface area (Å²) in [4.78, 5) is 0. The predicted octanol–water partition coefficient (Wildman–Crippen LogP) is 3.95. The molecule has 0 aliphatic heterocycles. The van der Waals surface area contributed by atoms with Gasteiger partial charge in [0.2, 0.25) is 0 Å². The molecule has 1 nitrogen and oxygen atoms in total. The summed E-state index contributed by atoms with van der Waals surface area (Å²) >= 11 is 0. The van der Waals surface area contributed by atoms with E-state index in [1.807, 2.05) is 0 Å². The number of halogens is 3. The van der Waals surface area contributed by atoms with E-state index in [1.165, 1.54) is 18.2 Å². The zero-order chi connectivity index (χ0) is 13.8. The molecule has 100 valence electrons. The van der Waals surface area contributed by atoms with Crippen LogP contribution in [0.25, 0.3) is 0 Å². The molecule has 0 saturated heterocycles. The highest BCUT2D eigenvalue weighted by Gasteiger charge is 2.11. The van der Waals surface area contributed by atoms with E-state index >= 15 is 0 Å². The highest BCUT2D eigenvalue weighted by Crippen LogP contribution is 2.18. The van der Waals surface area contributed by atoms with Crippen molar-refractivity contribution in [2.75, 3.05) is 0 Å². The van der Waals surface area contributed by atoms with Crippen LogP contribution in [-0.4, -0.2) is 0 Å². The third-order valence-electron chi connectivity index (χ3n) is 2.93. The van der Waals surface area contributed by atoms with Crippen molar-refractivity contribution < 1.29 is 13.2 Å². The van der Waals surface area contributed by atoms with Crippen LogP contribution >= 0.6 is 0 Å². The zero-order valence-electron chi connectivity index (χ0n) is 10.5. The van der Waals surface area contributed by atoms with Gasteiger partial charge in [0.1, 0.15) is 17.5 Å². The molecule has 19 heavy (non-hydrogen) atoms. The van der Waals surface area contributed by atoms with Gasteiger partial charge in [-0.15, -0.1) is 0 Å². The van der Waals surface area contributed by atoms with Gasteiger partial charge in [0.25, 0.3) is 0 Å². The van der Waals surface area contributed by atoms with Gasteiger partial charge in [-0.05, 0) is 42.8 Å². The maximum Gasteiger partial charge on any atom is 0.128 e. The third-order valence-corrected chi connectivity index (χ3v) is 2.93. The smallest absolute Gasteiger partial charge is 0.128 e. The van der Waals surface area contributed by atoms with E-state index in [1.54, 1.807) is 19.1 Å². The first-order valence-electron chi connectivity index (χ1n) is 5.99. The monoisotopic (exact) mass is 265 g/mol. The van der Waals surface area contributed by atoms with Gasteiger partial charge in [0.15, 0.2) is 0 Å². The molecule has 2 rings (SSSR count). The maximum atomic E-state index is 13.5. The number of nitrogens with one attached hydrogen (secondary N) is 1. The van der Waals surface area contributed by atoms with Gasteiger partial charge in [0.05, 0.1) is 0 Å². The molecule has 1 atom stereocenters. The lowest BCUT2D eigenvalue weighted by atomic mass is 10.1. The highest BCUT2D eigenvalue weighted by atomic mass is 19.1. The van der Waals surface area contributed by atoms with Crippen molar-refractivity contribution in [2.24, 2.45) is 0 Å². The van der Waals surface area contributed by atoms with Gasteiger partial charge >= 0.3 is 0 Å². The molecule has 0 heterocycles. The second kappa shape index (κ2) is 5.89. The van der Waals surface area contributed by atoms with Gasteiger partial charge in [0, 0.05) is 18.2 Å². The van der Waals surface area contributed by atoms with Crippen LogP contribution in [0.1, 0.15) is 24.1 Å². The van der Waals surface area contributed by atoms with Crippen LogP contribution < -0.4 is 5.32 Å². The molecule has 2 aromatic rings. The normalized spacial score (nSPS) is 12.4. The fraction of sp³-hybridized carbons (Fsp3) is 0.200. The Hall–Kier alpha value is -1.81. The molecule has 1 N–H and O–H groups in total. The Morgan fingerprint density at radius 3 is 2.47 bits per heavy atom. The van der Waals surface area contributed by atoms with Crippen molar-refractivity contribution >= 4 is 0 Å². The number of hydrogen-bond donors (Lipinski definition) is 1. The first-order valence-corrected chi connectivity index (χ1v) is 5.99. The zero-order valence-corrected chi connectivity index (χ0v) is 10.5. The van der Waals surface area contributed by atoms with Crippen molar-refractivity contribution in [1.82, 2.24) is 5.32 Å². The summed E-state index contributed by atoms with van der Waals surface area (Å²) in [5.74, 6) is -1.25. The highest BCUT2D eigenvalue weighted by molar-refractivity contribution is 5.22. The average molecular weight is 265 g/mol. The molecule has 4 heteroatoms. The summed E-state index contributed by atoms with van der Waals surface area (Å²) in [7, 11) is 0. The minimum atomic E-state index is -0.476. The van der Waals surface area contributed by atoms with E-state index in [2.05, 4.69) is 5.32 Å². The Kier molecular flexibility index (Phi) is 4.22. The molecule has 0 radical (unpaired) electrons. The van der Waals surface area contributed by atoms with Crippen LogP contribution in [-0.2, 0) is 6.54 Å². The molecule has 2 aromatic carbocycles. The molecule has 0 fully saturated rings. The van der Waals surface area contributed by atoms with Crippen molar-refractivity contribution in [3.63, 3.8) is 0 Å². The molecule has 0 aliphatic rings. The molecule has 0 bridgehead atoms. The van der Waals surface area contributed by atoms with Crippen molar-refractivity contribution in [1.29, 1.82) is 0 Å². The second-order valence-corrected chi connectivity index (χ2v) is 4.40. The topological polar surface area (TPSA) is 12.0 Å². The first-order chi connectivity index (χ1) is 9.06. The number of benzene rings is 2. The van der Waals surface area contributed by atoms with Crippen molar-refractivity contribution in [3.05, 3.63) is 71.0 Å². The van der Waals surface area contributed by atoms with Gasteiger partial charge in [-0.25, -0.2) is 13.2 Å². The van der Waals surface area contributed by atoms with E-state index < -0.39 is 11.6 Å². The summed E-state index contributed by atoms with van der Waals surface area (Å²) in [6.07, 6.45) is 0. The maximum absolute atomic E-state index is 13.5. The van der Waals surface area contributed by atoms with Gasteiger partial charge in [-0.2, -0.15) is 0 Å². The summed E-state index contributed by atoms with van der Waals surface area (Å²) in [6, 6.07) is 9.13. The fourth-order valence-corrected chi connectivity index (χ4v) is 1.87. The lowest BCUT2D eigenvalue weighted by Gasteiger charge is -2.15. The Balaban J connectivity index is 2.05. The van der Waals surface area contributed by atoms with E-state index in [9.17, 15) is 13.2 Å². The Bertz CT molecular complexity index is 569. The van der Waals surface area contributed by atoms with E-state index in [-0.39, 0.29) is 17.4 Å². The largest absolute Gasteiger partial charge is 0.306 e. The molecular weight excluding hydrogens is 251 g/mol. The molecule has 0 spiro atoms. The standard InChI is InChI=1S/C15H14F3N/c1-10(14-8-13(17)5-6-15(14)18)19-9-11-3-2-4-12(16)7-11/h2-8,10,19H,9H2,1H3. The molecule has 0 aromatic heterocycles. The Morgan fingerprint density at radius 2 is 1.74 bits per heavy atom. The lowest BCUT2D eigenvalue weighted by Crippen LogP contribution is -2.19. The van der Waals surface area contributed by atoms with Crippen LogP contribution in [0.2, 0.25) is 0 Å². The summed E-state index contributed by atoms with van der Waals surface area (Å²) in [5, 5.41) is 3.04. The van der Waals surface area contributed by atoms with E-state index in [0.717, 1.165) is 17.7 Å². The quantitative estimate of drug-likeness (QED) is 0.882. The van der Waals surface area contributed by atoms with Gasteiger partial charge < -0.3 is 5.32 Å².